The van der Waals surface area contributed by atoms with Crippen molar-refractivity contribution in [1.82, 2.24) is 0 Å². The summed E-state index contributed by atoms with van der Waals surface area (Å²) in [5.74, 6) is -0.669. The molecule has 6 heteroatoms. The summed E-state index contributed by atoms with van der Waals surface area (Å²) < 4.78 is 57.0. The molecule has 20 heavy (non-hydrogen) atoms. The fraction of sp³-hybridized carbons (Fsp3) is 0.571. The first-order chi connectivity index (χ1) is 9.40. The minimum atomic E-state index is -4.47. The maximum Gasteiger partial charge on any atom is 0.416 e. The first-order valence-corrected chi connectivity index (χ1v) is 6.65. The molecule has 2 rings (SSSR count). The molecule has 1 aromatic rings. The van der Waals surface area contributed by atoms with Gasteiger partial charge in [0.15, 0.2) is 0 Å². The monoisotopic (exact) mass is 291 g/mol. The highest BCUT2D eigenvalue weighted by atomic mass is 19.4. The van der Waals surface area contributed by atoms with E-state index < -0.39 is 17.6 Å². The van der Waals surface area contributed by atoms with Crippen molar-refractivity contribution in [1.29, 1.82) is 0 Å². The number of nitrogens with one attached hydrogen (secondary N) is 1. The van der Waals surface area contributed by atoms with Gasteiger partial charge in [-0.3, -0.25) is 0 Å². The summed E-state index contributed by atoms with van der Waals surface area (Å²) in [6.45, 7) is 2.52. The quantitative estimate of drug-likeness (QED) is 0.842. The van der Waals surface area contributed by atoms with Crippen LogP contribution in [0, 0.1) is 5.82 Å². The van der Waals surface area contributed by atoms with Gasteiger partial charge in [-0.2, -0.15) is 13.2 Å². The Kier molecular flexibility index (Phi) is 4.52. The van der Waals surface area contributed by atoms with E-state index in [1.165, 1.54) is 0 Å². The topological polar surface area (TPSA) is 21.3 Å². The zero-order valence-electron chi connectivity index (χ0n) is 11.1. The minimum absolute atomic E-state index is 0.0633. The number of benzene rings is 1. The number of hydrogen-bond donors (Lipinski definition) is 1. The Labute approximate surface area is 115 Å². The van der Waals surface area contributed by atoms with E-state index in [4.69, 9.17) is 4.74 Å². The molecular weight excluding hydrogens is 274 g/mol. The average molecular weight is 291 g/mol. The van der Waals surface area contributed by atoms with E-state index in [2.05, 4.69) is 5.32 Å². The highest BCUT2D eigenvalue weighted by molar-refractivity contribution is 5.48. The second kappa shape index (κ2) is 5.99. The van der Waals surface area contributed by atoms with Crippen LogP contribution in [0.4, 0.5) is 23.2 Å². The minimum Gasteiger partial charge on any atom is -0.380 e. The number of ether oxygens (including phenoxy) is 1. The zero-order valence-corrected chi connectivity index (χ0v) is 11.1. The molecule has 0 aliphatic carbocycles. The smallest absolute Gasteiger partial charge is 0.380 e. The van der Waals surface area contributed by atoms with Crippen molar-refractivity contribution in [3.05, 3.63) is 29.6 Å². The van der Waals surface area contributed by atoms with E-state index in [9.17, 15) is 17.6 Å². The molecule has 1 heterocycles. The third-order valence-electron chi connectivity index (χ3n) is 3.48. The summed E-state index contributed by atoms with van der Waals surface area (Å²) in [7, 11) is 0. The van der Waals surface area contributed by atoms with Crippen LogP contribution < -0.4 is 5.32 Å². The summed E-state index contributed by atoms with van der Waals surface area (Å²) in [6.07, 6.45) is -2.22. The molecule has 0 spiro atoms. The Morgan fingerprint density at radius 1 is 1.35 bits per heavy atom. The van der Waals surface area contributed by atoms with Gasteiger partial charge < -0.3 is 10.1 Å². The molecule has 2 nitrogen and oxygen atoms in total. The van der Waals surface area contributed by atoms with Crippen molar-refractivity contribution in [2.24, 2.45) is 0 Å². The van der Waals surface area contributed by atoms with Gasteiger partial charge in [-0.05, 0) is 37.5 Å². The number of anilines is 1. The first-order valence-electron chi connectivity index (χ1n) is 6.65. The SMILES string of the molecule is CCC1CC(Nc2cc(C(F)(F)F)ccc2F)CCO1. The van der Waals surface area contributed by atoms with E-state index in [-0.39, 0.29) is 17.8 Å². The molecule has 1 saturated heterocycles. The molecule has 2 atom stereocenters. The normalized spacial score (nSPS) is 23.6. The fourth-order valence-electron chi connectivity index (χ4n) is 2.33. The van der Waals surface area contributed by atoms with Crippen molar-refractivity contribution in [2.45, 2.75) is 44.5 Å². The molecule has 1 fully saturated rings. The predicted molar refractivity (Wildman–Crippen MR) is 68.1 cm³/mol. The van der Waals surface area contributed by atoms with Crippen LogP contribution in [-0.2, 0) is 10.9 Å². The Balaban J connectivity index is 2.12. The number of alkyl halides is 3. The molecule has 112 valence electrons. The molecule has 0 bridgehead atoms. The van der Waals surface area contributed by atoms with Gasteiger partial charge >= 0.3 is 6.18 Å². The summed E-state index contributed by atoms with van der Waals surface area (Å²) in [5, 5.41) is 2.87. The maximum absolute atomic E-state index is 13.6. The summed E-state index contributed by atoms with van der Waals surface area (Å²) in [5.41, 5.74) is -0.943. The third kappa shape index (κ3) is 3.62. The highest BCUT2D eigenvalue weighted by Crippen LogP contribution is 2.32. The van der Waals surface area contributed by atoms with Gasteiger partial charge in [-0.15, -0.1) is 0 Å². The second-order valence-electron chi connectivity index (χ2n) is 4.96. The van der Waals surface area contributed by atoms with Crippen molar-refractivity contribution in [3.63, 3.8) is 0 Å². The van der Waals surface area contributed by atoms with Crippen LogP contribution in [0.5, 0.6) is 0 Å². The van der Waals surface area contributed by atoms with E-state index in [0.717, 1.165) is 24.6 Å². The van der Waals surface area contributed by atoms with Crippen molar-refractivity contribution < 1.29 is 22.3 Å². The van der Waals surface area contributed by atoms with Crippen LogP contribution in [0.2, 0.25) is 0 Å². The maximum atomic E-state index is 13.6. The lowest BCUT2D eigenvalue weighted by atomic mass is 10.0. The van der Waals surface area contributed by atoms with Crippen molar-refractivity contribution >= 4 is 5.69 Å². The fourth-order valence-corrected chi connectivity index (χ4v) is 2.33. The summed E-state index contributed by atoms with van der Waals surface area (Å²) >= 11 is 0. The Morgan fingerprint density at radius 2 is 2.10 bits per heavy atom. The Bertz CT molecular complexity index is 461. The summed E-state index contributed by atoms with van der Waals surface area (Å²) in [4.78, 5) is 0. The van der Waals surface area contributed by atoms with Crippen LogP contribution in [0.1, 0.15) is 31.7 Å². The van der Waals surface area contributed by atoms with Gasteiger partial charge in [0, 0.05) is 12.6 Å². The average Bonchev–Trinajstić information content (AvgIpc) is 2.40. The largest absolute Gasteiger partial charge is 0.416 e. The van der Waals surface area contributed by atoms with Crippen LogP contribution in [-0.4, -0.2) is 18.8 Å². The van der Waals surface area contributed by atoms with Gasteiger partial charge in [0.1, 0.15) is 5.82 Å². The number of hydrogen-bond acceptors (Lipinski definition) is 2. The summed E-state index contributed by atoms with van der Waals surface area (Å²) in [6, 6.07) is 2.36. The zero-order chi connectivity index (χ0) is 14.8. The molecular formula is C14H17F4NO. The molecule has 0 aromatic heterocycles. The Morgan fingerprint density at radius 3 is 2.75 bits per heavy atom. The first kappa shape index (κ1) is 15.1. The molecule has 0 saturated carbocycles. The standard InChI is InChI=1S/C14H17F4NO/c1-2-11-8-10(5-6-20-11)19-13-7-9(14(16,17)18)3-4-12(13)15/h3-4,7,10-11,19H,2,5-6,8H2,1H3. The van der Waals surface area contributed by atoms with E-state index in [1.807, 2.05) is 6.92 Å². The highest BCUT2D eigenvalue weighted by Gasteiger charge is 2.31. The molecule has 1 N–H and O–H groups in total. The van der Waals surface area contributed by atoms with Gasteiger partial charge in [0.05, 0.1) is 17.4 Å². The van der Waals surface area contributed by atoms with Crippen LogP contribution in [0.15, 0.2) is 18.2 Å². The lowest BCUT2D eigenvalue weighted by Gasteiger charge is -2.30. The third-order valence-corrected chi connectivity index (χ3v) is 3.48. The van der Waals surface area contributed by atoms with Gasteiger partial charge in [0.2, 0.25) is 0 Å². The number of rotatable bonds is 3. The molecule has 0 amide bonds. The lowest BCUT2D eigenvalue weighted by molar-refractivity contribution is -0.137. The Hall–Kier alpha value is -1.30. The van der Waals surface area contributed by atoms with Crippen molar-refractivity contribution in [2.75, 3.05) is 11.9 Å². The van der Waals surface area contributed by atoms with Gasteiger partial charge in [0.25, 0.3) is 0 Å². The lowest BCUT2D eigenvalue weighted by Crippen LogP contribution is -2.34. The second-order valence-corrected chi connectivity index (χ2v) is 4.96. The molecule has 1 aliphatic rings. The molecule has 2 unspecified atom stereocenters. The van der Waals surface area contributed by atoms with Gasteiger partial charge in [-0.1, -0.05) is 6.92 Å². The predicted octanol–water partition coefficient (Wildman–Crippen LogP) is 4.21. The van der Waals surface area contributed by atoms with Crippen LogP contribution in [0.25, 0.3) is 0 Å². The van der Waals surface area contributed by atoms with Crippen LogP contribution >= 0.6 is 0 Å². The van der Waals surface area contributed by atoms with E-state index in [0.29, 0.717) is 19.4 Å². The molecule has 1 aliphatic heterocycles. The number of halogens is 4. The molecule has 0 radical (unpaired) electrons. The van der Waals surface area contributed by atoms with Crippen LogP contribution in [0.3, 0.4) is 0 Å². The van der Waals surface area contributed by atoms with Gasteiger partial charge in [-0.25, -0.2) is 4.39 Å². The van der Waals surface area contributed by atoms with E-state index >= 15 is 0 Å². The van der Waals surface area contributed by atoms with E-state index in [1.54, 1.807) is 0 Å². The molecule has 1 aromatic carbocycles. The van der Waals surface area contributed by atoms with Crippen molar-refractivity contribution in [3.8, 4) is 0 Å².